The Morgan fingerprint density at radius 1 is 1.00 bits per heavy atom. The molecule has 4 aliphatic carbocycles. The number of carbonyl (C=O) groups is 2. The molecule has 2 N–H and O–H groups in total. The normalized spacial score (nSPS) is 37.8. The van der Waals surface area contributed by atoms with Crippen molar-refractivity contribution in [2.24, 2.45) is 23.2 Å². The molecule has 0 aliphatic heterocycles. The second kappa shape index (κ2) is 5.35. The standard InChI is InChI=1S/C15H24N2O3/c1-20-9-14(19)17-16-13(18)8-15-5-10-2-11(6-15)4-12(3-10)7-15/h10-12H,2-9H2,1H3,(H,16,18)(H,17,19). The topological polar surface area (TPSA) is 67.4 Å². The predicted molar refractivity (Wildman–Crippen MR) is 73.4 cm³/mol. The van der Waals surface area contributed by atoms with Gasteiger partial charge in [0.2, 0.25) is 5.91 Å². The molecule has 4 aliphatic rings. The van der Waals surface area contributed by atoms with Gasteiger partial charge >= 0.3 is 0 Å². The molecule has 4 bridgehead atoms. The van der Waals surface area contributed by atoms with Crippen molar-refractivity contribution in [3.63, 3.8) is 0 Å². The van der Waals surface area contributed by atoms with Crippen LogP contribution >= 0.6 is 0 Å². The number of methoxy groups -OCH3 is 1. The molecule has 0 atom stereocenters. The van der Waals surface area contributed by atoms with E-state index in [0.717, 1.165) is 17.8 Å². The molecule has 5 heteroatoms. The van der Waals surface area contributed by atoms with E-state index in [2.05, 4.69) is 10.9 Å². The first-order valence-electron chi connectivity index (χ1n) is 7.65. The molecule has 112 valence electrons. The van der Waals surface area contributed by atoms with Crippen LogP contribution in [0.5, 0.6) is 0 Å². The second-order valence-electron chi connectivity index (χ2n) is 7.12. The number of carbonyl (C=O) groups excluding carboxylic acids is 2. The lowest BCUT2D eigenvalue weighted by Gasteiger charge is -2.56. The molecule has 20 heavy (non-hydrogen) atoms. The van der Waals surface area contributed by atoms with Crippen LogP contribution in [-0.2, 0) is 14.3 Å². The average molecular weight is 280 g/mol. The molecule has 0 radical (unpaired) electrons. The third kappa shape index (κ3) is 2.82. The van der Waals surface area contributed by atoms with E-state index in [1.54, 1.807) is 0 Å². The van der Waals surface area contributed by atoms with Gasteiger partial charge in [-0.2, -0.15) is 0 Å². The van der Waals surface area contributed by atoms with Crippen LogP contribution in [0.15, 0.2) is 0 Å². The van der Waals surface area contributed by atoms with Gasteiger partial charge in [0.15, 0.2) is 0 Å². The van der Waals surface area contributed by atoms with Crippen LogP contribution in [0.25, 0.3) is 0 Å². The fourth-order valence-corrected chi connectivity index (χ4v) is 5.20. The van der Waals surface area contributed by atoms with E-state index < -0.39 is 0 Å². The van der Waals surface area contributed by atoms with Gasteiger partial charge in [0, 0.05) is 13.5 Å². The minimum atomic E-state index is -0.314. The first kappa shape index (κ1) is 13.9. The van der Waals surface area contributed by atoms with E-state index in [1.165, 1.54) is 45.6 Å². The molecule has 0 aromatic rings. The number of ether oxygens (including phenoxy) is 1. The van der Waals surface area contributed by atoms with Crippen molar-refractivity contribution in [3.05, 3.63) is 0 Å². The lowest BCUT2D eigenvalue weighted by atomic mass is 9.49. The van der Waals surface area contributed by atoms with Gasteiger partial charge in [-0.25, -0.2) is 0 Å². The molecule has 2 amide bonds. The Hall–Kier alpha value is -1.10. The number of hydrazine groups is 1. The van der Waals surface area contributed by atoms with Crippen LogP contribution < -0.4 is 10.9 Å². The predicted octanol–water partition coefficient (Wildman–Crippen LogP) is 1.39. The van der Waals surface area contributed by atoms with Crippen LogP contribution in [-0.4, -0.2) is 25.5 Å². The summed E-state index contributed by atoms with van der Waals surface area (Å²) in [5, 5.41) is 0. The van der Waals surface area contributed by atoms with Crippen molar-refractivity contribution in [2.75, 3.05) is 13.7 Å². The number of rotatable bonds is 4. The molecule has 0 spiro atoms. The first-order valence-corrected chi connectivity index (χ1v) is 7.65. The highest BCUT2D eigenvalue weighted by molar-refractivity contribution is 5.82. The quantitative estimate of drug-likeness (QED) is 0.765. The Labute approximate surface area is 119 Å². The fraction of sp³-hybridized carbons (Fsp3) is 0.867. The number of amides is 2. The van der Waals surface area contributed by atoms with E-state index in [-0.39, 0.29) is 23.8 Å². The minimum absolute atomic E-state index is 0.0301. The van der Waals surface area contributed by atoms with E-state index in [9.17, 15) is 9.59 Å². The maximum Gasteiger partial charge on any atom is 0.264 e. The highest BCUT2D eigenvalue weighted by Crippen LogP contribution is 2.61. The van der Waals surface area contributed by atoms with Crippen LogP contribution in [0, 0.1) is 23.2 Å². The smallest absolute Gasteiger partial charge is 0.264 e. The molecule has 0 aromatic heterocycles. The summed E-state index contributed by atoms with van der Waals surface area (Å²) < 4.78 is 4.71. The van der Waals surface area contributed by atoms with Crippen LogP contribution in [0.1, 0.15) is 44.9 Å². The first-order chi connectivity index (χ1) is 9.58. The molecule has 0 aromatic carbocycles. The van der Waals surface area contributed by atoms with E-state index in [1.807, 2.05) is 0 Å². The molecular weight excluding hydrogens is 256 g/mol. The fourth-order valence-electron chi connectivity index (χ4n) is 5.20. The van der Waals surface area contributed by atoms with Crippen molar-refractivity contribution in [1.29, 1.82) is 0 Å². The largest absolute Gasteiger partial charge is 0.375 e. The summed E-state index contributed by atoms with van der Waals surface area (Å²) >= 11 is 0. The number of hydrogen-bond acceptors (Lipinski definition) is 3. The van der Waals surface area contributed by atoms with Crippen molar-refractivity contribution < 1.29 is 14.3 Å². The Kier molecular flexibility index (Phi) is 3.71. The summed E-state index contributed by atoms with van der Waals surface area (Å²) in [6.45, 7) is -0.0301. The van der Waals surface area contributed by atoms with Gasteiger partial charge in [0.25, 0.3) is 5.91 Å². The van der Waals surface area contributed by atoms with Gasteiger partial charge in [-0.3, -0.25) is 20.4 Å². The van der Waals surface area contributed by atoms with Gasteiger partial charge in [0.1, 0.15) is 6.61 Å². The van der Waals surface area contributed by atoms with Crippen molar-refractivity contribution in [3.8, 4) is 0 Å². The van der Waals surface area contributed by atoms with Crippen LogP contribution in [0.3, 0.4) is 0 Å². The molecule has 4 fully saturated rings. The monoisotopic (exact) mass is 280 g/mol. The molecule has 4 saturated carbocycles. The maximum absolute atomic E-state index is 12.1. The Balaban J connectivity index is 1.52. The van der Waals surface area contributed by atoms with Gasteiger partial charge in [0.05, 0.1) is 0 Å². The zero-order valence-electron chi connectivity index (χ0n) is 12.1. The van der Waals surface area contributed by atoms with E-state index in [4.69, 9.17) is 4.74 Å². The summed E-state index contributed by atoms with van der Waals surface area (Å²) in [6.07, 6.45) is 8.32. The maximum atomic E-state index is 12.1. The summed E-state index contributed by atoms with van der Waals surface area (Å²) in [6, 6.07) is 0. The lowest BCUT2D eigenvalue weighted by molar-refractivity contribution is -0.135. The van der Waals surface area contributed by atoms with Gasteiger partial charge < -0.3 is 4.74 Å². The van der Waals surface area contributed by atoms with E-state index in [0.29, 0.717) is 6.42 Å². The molecular formula is C15H24N2O3. The van der Waals surface area contributed by atoms with E-state index >= 15 is 0 Å². The molecule has 0 unspecified atom stereocenters. The lowest BCUT2D eigenvalue weighted by Crippen LogP contribution is -2.50. The molecule has 5 nitrogen and oxygen atoms in total. The summed E-state index contributed by atoms with van der Waals surface area (Å²) in [5.74, 6) is 2.16. The van der Waals surface area contributed by atoms with Crippen LogP contribution in [0.4, 0.5) is 0 Å². The zero-order valence-corrected chi connectivity index (χ0v) is 12.1. The van der Waals surface area contributed by atoms with Gasteiger partial charge in [-0.1, -0.05) is 0 Å². The molecule has 0 saturated heterocycles. The average Bonchev–Trinajstić information content (AvgIpc) is 2.34. The van der Waals surface area contributed by atoms with Gasteiger partial charge in [-0.05, 0) is 61.7 Å². The summed E-state index contributed by atoms with van der Waals surface area (Å²) in [5.41, 5.74) is 5.14. The highest BCUT2D eigenvalue weighted by atomic mass is 16.5. The second-order valence-corrected chi connectivity index (χ2v) is 7.12. The number of hydrogen-bond donors (Lipinski definition) is 2. The van der Waals surface area contributed by atoms with Gasteiger partial charge in [-0.15, -0.1) is 0 Å². The van der Waals surface area contributed by atoms with Crippen LogP contribution in [0.2, 0.25) is 0 Å². The Morgan fingerprint density at radius 2 is 1.50 bits per heavy atom. The molecule has 0 heterocycles. The zero-order chi connectivity index (χ0) is 14.2. The van der Waals surface area contributed by atoms with Crippen molar-refractivity contribution in [2.45, 2.75) is 44.9 Å². The third-order valence-electron chi connectivity index (χ3n) is 5.32. The molecule has 4 rings (SSSR count). The SMILES string of the molecule is COCC(=O)NNC(=O)CC12CC3CC(CC(C3)C1)C2. The Morgan fingerprint density at radius 3 is 2.00 bits per heavy atom. The summed E-state index contributed by atoms with van der Waals surface area (Å²) in [7, 11) is 1.46. The van der Waals surface area contributed by atoms with Crippen molar-refractivity contribution in [1.82, 2.24) is 10.9 Å². The highest BCUT2D eigenvalue weighted by Gasteiger charge is 2.51. The van der Waals surface area contributed by atoms with Crippen molar-refractivity contribution >= 4 is 11.8 Å². The number of nitrogens with one attached hydrogen (secondary N) is 2. The summed E-state index contributed by atoms with van der Waals surface area (Å²) in [4.78, 5) is 23.3. The third-order valence-corrected chi connectivity index (χ3v) is 5.32. The minimum Gasteiger partial charge on any atom is -0.375 e. The Bertz CT molecular complexity index is 373.